The molecule has 2 atom stereocenters. The van der Waals surface area contributed by atoms with E-state index in [2.05, 4.69) is 41.7 Å². The molecule has 254 valence electrons. The maximum atomic E-state index is 13.5. The van der Waals surface area contributed by atoms with Gasteiger partial charge in [-0.1, -0.05) is 51.1 Å². The van der Waals surface area contributed by atoms with Gasteiger partial charge >= 0.3 is 5.97 Å². The Morgan fingerprint density at radius 2 is 1.80 bits per heavy atom. The number of nitrogens with zero attached hydrogens (tertiary/aromatic N) is 1. The first-order chi connectivity index (χ1) is 23.4. The van der Waals surface area contributed by atoms with E-state index in [1.54, 1.807) is 80.0 Å². The van der Waals surface area contributed by atoms with Crippen LogP contribution in [0.25, 0.3) is 6.08 Å². The number of nitrogens with one attached hydrogen (secondary N) is 3. The van der Waals surface area contributed by atoms with Gasteiger partial charge in [-0.15, -0.1) is 23.1 Å². The van der Waals surface area contributed by atoms with Gasteiger partial charge in [0.15, 0.2) is 0 Å². The molecule has 0 spiro atoms. The van der Waals surface area contributed by atoms with E-state index < -0.39 is 23.0 Å². The molecule has 1 aliphatic rings. The first kappa shape index (κ1) is 35.6. The Bertz CT molecular complexity index is 1870. The molecular weight excluding hydrogens is 657 g/mol. The minimum atomic E-state index is -0.524. The summed E-state index contributed by atoms with van der Waals surface area (Å²) in [6.07, 6.45) is 7.38. The maximum absolute atomic E-state index is 13.5. The van der Waals surface area contributed by atoms with E-state index in [0.717, 1.165) is 34.6 Å². The molecule has 0 bridgehead atoms. The van der Waals surface area contributed by atoms with Crippen molar-refractivity contribution in [3.8, 4) is 0 Å². The molecular formula is C38H40N4O5S2. The summed E-state index contributed by atoms with van der Waals surface area (Å²) in [7, 11) is 1.36. The Kier molecular flexibility index (Phi) is 11.4. The van der Waals surface area contributed by atoms with Crippen LogP contribution in [0.1, 0.15) is 70.8 Å². The lowest BCUT2D eigenvalue weighted by molar-refractivity contribution is -0.115. The molecule has 0 radical (unpaired) electrons. The van der Waals surface area contributed by atoms with Crippen LogP contribution in [0.5, 0.6) is 0 Å². The number of anilines is 2. The lowest BCUT2D eigenvalue weighted by Crippen LogP contribution is -2.30. The number of pyridine rings is 1. The standard InChI is InChI=1S/C38H40N4O5S2/c1-23(33(43)42-36-32(37(46)47-5)29-17-16-26(38(2,3)4)20-31(29)49-36)48-28-15-9-14-27(21-28)40-35(45)30(19-24-11-10-18-39-22-24)41-34(44)25-12-7-6-8-13-25/h6-15,18-19,21-23,26H,16-17,20H2,1-5H3,(H,40,45)(H,41,44)(H,42,43)/b30-19-. The smallest absolute Gasteiger partial charge is 0.341 e. The number of hydrogen-bond donors (Lipinski definition) is 3. The Morgan fingerprint density at radius 1 is 1.02 bits per heavy atom. The molecule has 2 heterocycles. The zero-order valence-corrected chi connectivity index (χ0v) is 29.8. The third-order valence-electron chi connectivity index (χ3n) is 8.41. The van der Waals surface area contributed by atoms with Crippen molar-refractivity contribution in [1.82, 2.24) is 10.3 Å². The Balaban J connectivity index is 1.28. The molecule has 2 unspecified atom stereocenters. The largest absolute Gasteiger partial charge is 0.465 e. The molecule has 2 aromatic heterocycles. The summed E-state index contributed by atoms with van der Waals surface area (Å²) in [6.45, 7) is 8.50. The Morgan fingerprint density at radius 3 is 2.49 bits per heavy atom. The fraction of sp³-hybridized carbons (Fsp3) is 0.289. The van der Waals surface area contributed by atoms with E-state index in [4.69, 9.17) is 4.74 Å². The van der Waals surface area contributed by atoms with Gasteiger partial charge in [0.05, 0.1) is 17.9 Å². The van der Waals surface area contributed by atoms with Crippen molar-refractivity contribution in [3.05, 3.63) is 112 Å². The minimum Gasteiger partial charge on any atom is -0.465 e. The van der Waals surface area contributed by atoms with Crippen molar-refractivity contribution in [2.24, 2.45) is 11.3 Å². The number of carbonyl (C=O) groups is 4. The van der Waals surface area contributed by atoms with Crippen LogP contribution in [0.4, 0.5) is 10.7 Å². The molecule has 0 fully saturated rings. The van der Waals surface area contributed by atoms with E-state index in [-0.39, 0.29) is 17.0 Å². The summed E-state index contributed by atoms with van der Waals surface area (Å²) >= 11 is 2.79. The SMILES string of the molecule is COC(=O)c1c(NC(=O)C(C)Sc2cccc(NC(=O)/C(=C/c3cccnc3)NC(=O)c3ccccc3)c2)sc2c1CCC(C(C)(C)C)C2. The number of hydrogen-bond acceptors (Lipinski definition) is 8. The molecule has 1 aliphatic carbocycles. The van der Waals surface area contributed by atoms with Crippen LogP contribution in [0.3, 0.4) is 0 Å². The molecule has 0 saturated carbocycles. The maximum Gasteiger partial charge on any atom is 0.341 e. The normalized spacial score (nSPS) is 15.0. The van der Waals surface area contributed by atoms with Gasteiger partial charge in [0, 0.05) is 33.4 Å². The number of thiophene rings is 1. The topological polar surface area (TPSA) is 126 Å². The molecule has 49 heavy (non-hydrogen) atoms. The summed E-state index contributed by atoms with van der Waals surface area (Å²) in [5.74, 6) is -1.15. The summed E-state index contributed by atoms with van der Waals surface area (Å²) in [5.41, 5.74) is 3.16. The third kappa shape index (κ3) is 9.04. The van der Waals surface area contributed by atoms with Crippen LogP contribution in [0, 0.1) is 11.3 Å². The van der Waals surface area contributed by atoms with Gasteiger partial charge in [0.25, 0.3) is 11.8 Å². The number of carbonyl (C=O) groups excluding carboxylic acids is 4. The van der Waals surface area contributed by atoms with E-state index in [1.165, 1.54) is 30.2 Å². The Labute approximate surface area is 295 Å². The van der Waals surface area contributed by atoms with Gasteiger partial charge in [-0.2, -0.15) is 0 Å². The quantitative estimate of drug-likeness (QED) is 0.0885. The van der Waals surface area contributed by atoms with E-state index >= 15 is 0 Å². The van der Waals surface area contributed by atoms with Gasteiger partial charge in [0.2, 0.25) is 5.91 Å². The van der Waals surface area contributed by atoms with Crippen LogP contribution < -0.4 is 16.0 Å². The third-order valence-corrected chi connectivity index (χ3v) is 10.7. The predicted molar refractivity (Wildman–Crippen MR) is 196 cm³/mol. The summed E-state index contributed by atoms with van der Waals surface area (Å²) in [4.78, 5) is 58.7. The van der Waals surface area contributed by atoms with E-state index in [0.29, 0.717) is 33.3 Å². The molecule has 11 heteroatoms. The van der Waals surface area contributed by atoms with Gasteiger partial charge in [-0.3, -0.25) is 19.4 Å². The van der Waals surface area contributed by atoms with Gasteiger partial charge in [0.1, 0.15) is 10.7 Å². The van der Waals surface area contributed by atoms with Crippen molar-refractivity contribution in [2.45, 2.75) is 57.1 Å². The highest BCUT2D eigenvalue weighted by Gasteiger charge is 2.34. The molecule has 2 aromatic carbocycles. The number of rotatable bonds is 10. The van der Waals surface area contributed by atoms with Crippen molar-refractivity contribution in [3.63, 3.8) is 0 Å². The van der Waals surface area contributed by atoms with Crippen LogP contribution >= 0.6 is 23.1 Å². The number of esters is 1. The van der Waals surface area contributed by atoms with E-state index in [9.17, 15) is 19.2 Å². The average molecular weight is 697 g/mol. The summed E-state index contributed by atoms with van der Waals surface area (Å²) < 4.78 is 5.12. The number of methoxy groups -OCH3 is 1. The van der Waals surface area contributed by atoms with Crippen LogP contribution in [0.15, 0.2) is 89.7 Å². The first-order valence-corrected chi connectivity index (χ1v) is 17.7. The van der Waals surface area contributed by atoms with E-state index in [1.807, 2.05) is 12.1 Å². The second-order valence-corrected chi connectivity index (χ2v) is 15.4. The molecule has 5 rings (SSSR count). The molecule has 3 N–H and O–H groups in total. The lowest BCUT2D eigenvalue weighted by atomic mass is 9.72. The lowest BCUT2D eigenvalue weighted by Gasteiger charge is -2.33. The fourth-order valence-electron chi connectivity index (χ4n) is 5.62. The number of thioether (sulfide) groups is 1. The van der Waals surface area contributed by atoms with Gasteiger partial charge < -0.3 is 20.7 Å². The van der Waals surface area contributed by atoms with Crippen LogP contribution in [0.2, 0.25) is 0 Å². The van der Waals surface area contributed by atoms with Crippen molar-refractivity contribution in [2.75, 3.05) is 17.7 Å². The monoisotopic (exact) mass is 696 g/mol. The van der Waals surface area contributed by atoms with Crippen molar-refractivity contribution < 1.29 is 23.9 Å². The van der Waals surface area contributed by atoms with Crippen molar-refractivity contribution in [1.29, 1.82) is 0 Å². The summed E-state index contributed by atoms with van der Waals surface area (Å²) in [6, 6.07) is 19.3. The number of aromatic nitrogens is 1. The summed E-state index contributed by atoms with van der Waals surface area (Å²) in [5, 5.41) is 8.60. The number of ether oxygens (including phenoxy) is 1. The second-order valence-electron chi connectivity index (χ2n) is 12.9. The Hall–Kier alpha value is -4.74. The minimum absolute atomic E-state index is 0.0431. The number of amides is 3. The molecule has 4 aromatic rings. The second kappa shape index (κ2) is 15.7. The molecule has 9 nitrogen and oxygen atoms in total. The average Bonchev–Trinajstić information content (AvgIpc) is 3.45. The first-order valence-electron chi connectivity index (χ1n) is 16.0. The van der Waals surface area contributed by atoms with Crippen LogP contribution in [-0.2, 0) is 27.2 Å². The molecule has 0 aliphatic heterocycles. The number of benzene rings is 2. The number of fused-ring (bicyclic) bond motifs is 1. The fourth-order valence-corrected chi connectivity index (χ4v) is 7.86. The highest BCUT2D eigenvalue weighted by molar-refractivity contribution is 8.00. The predicted octanol–water partition coefficient (Wildman–Crippen LogP) is 7.61. The molecule has 0 saturated heterocycles. The van der Waals surface area contributed by atoms with Gasteiger partial charge in [-0.05, 0) is 91.1 Å². The highest BCUT2D eigenvalue weighted by atomic mass is 32.2. The highest BCUT2D eigenvalue weighted by Crippen LogP contribution is 2.44. The van der Waals surface area contributed by atoms with Crippen LogP contribution in [-0.4, -0.2) is 41.0 Å². The molecule has 3 amide bonds. The van der Waals surface area contributed by atoms with Crippen molar-refractivity contribution >= 4 is 63.6 Å². The van der Waals surface area contributed by atoms with Gasteiger partial charge in [-0.25, -0.2) is 4.79 Å². The zero-order valence-electron chi connectivity index (χ0n) is 28.2. The zero-order chi connectivity index (χ0) is 35.1.